The first-order chi connectivity index (χ1) is 12.1. The summed E-state index contributed by atoms with van der Waals surface area (Å²) in [6.07, 6.45) is 1.54. The van der Waals surface area contributed by atoms with Crippen molar-refractivity contribution in [2.75, 3.05) is 20.2 Å². The third-order valence-electron chi connectivity index (χ3n) is 4.55. The molecule has 1 heterocycles. The molecule has 130 valence electrons. The van der Waals surface area contributed by atoms with Gasteiger partial charge in [-0.2, -0.15) is 0 Å². The zero-order valence-electron chi connectivity index (χ0n) is 14.1. The van der Waals surface area contributed by atoms with E-state index in [1.807, 2.05) is 0 Å². The maximum absolute atomic E-state index is 13.0. The van der Waals surface area contributed by atoms with Crippen LogP contribution in [0.25, 0.3) is 0 Å². The summed E-state index contributed by atoms with van der Waals surface area (Å²) in [5, 5.41) is 0. The number of hydrogen-bond acceptors (Lipinski definition) is 3. The van der Waals surface area contributed by atoms with Gasteiger partial charge in [0.15, 0.2) is 5.78 Å². The number of likely N-dealkylation sites (tertiary alicyclic amines) is 1. The van der Waals surface area contributed by atoms with E-state index in [0.29, 0.717) is 30.0 Å². The molecule has 0 N–H and O–H groups in total. The Labute approximate surface area is 146 Å². The molecule has 0 radical (unpaired) electrons. The largest absolute Gasteiger partial charge is 0.497 e. The van der Waals surface area contributed by atoms with Gasteiger partial charge in [-0.3, -0.25) is 9.59 Å². The molecule has 0 aliphatic carbocycles. The number of ether oxygens (including phenoxy) is 1. The lowest BCUT2D eigenvalue weighted by Crippen LogP contribution is -2.42. The van der Waals surface area contributed by atoms with Crippen molar-refractivity contribution in [3.05, 3.63) is 65.5 Å². The first-order valence-corrected chi connectivity index (χ1v) is 8.31. The summed E-state index contributed by atoms with van der Waals surface area (Å²) >= 11 is 0. The number of benzene rings is 2. The fourth-order valence-electron chi connectivity index (χ4n) is 3.14. The van der Waals surface area contributed by atoms with Crippen LogP contribution in [-0.2, 0) is 0 Å². The lowest BCUT2D eigenvalue weighted by atomic mass is 9.89. The van der Waals surface area contributed by atoms with Crippen LogP contribution in [0, 0.1) is 11.7 Å². The molecule has 1 fully saturated rings. The van der Waals surface area contributed by atoms with Crippen LogP contribution < -0.4 is 4.74 Å². The average Bonchev–Trinajstić information content (AvgIpc) is 2.67. The Morgan fingerprint density at radius 2 is 1.68 bits per heavy atom. The first kappa shape index (κ1) is 17.1. The molecule has 25 heavy (non-hydrogen) atoms. The smallest absolute Gasteiger partial charge is 0.253 e. The van der Waals surface area contributed by atoms with E-state index in [4.69, 9.17) is 4.74 Å². The molecule has 1 unspecified atom stereocenters. The third kappa shape index (κ3) is 3.87. The van der Waals surface area contributed by atoms with Gasteiger partial charge in [0.05, 0.1) is 7.11 Å². The van der Waals surface area contributed by atoms with Gasteiger partial charge in [0, 0.05) is 30.1 Å². The molecule has 1 aliphatic rings. The van der Waals surface area contributed by atoms with E-state index in [1.165, 1.54) is 24.3 Å². The molecule has 0 aromatic heterocycles. The van der Waals surface area contributed by atoms with Gasteiger partial charge >= 0.3 is 0 Å². The SMILES string of the molecule is COc1ccc(C(=O)C2CCCN(C(=O)c3ccc(F)cc3)C2)cc1. The molecule has 4 nitrogen and oxygen atoms in total. The Bertz CT molecular complexity index is 756. The number of carbonyl (C=O) groups excluding carboxylic acids is 2. The van der Waals surface area contributed by atoms with Crippen LogP contribution in [0.3, 0.4) is 0 Å². The van der Waals surface area contributed by atoms with Crippen LogP contribution in [0.1, 0.15) is 33.6 Å². The van der Waals surface area contributed by atoms with Crippen LogP contribution in [0.15, 0.2) is 48.5 Å². The molecule has 1 aliphatic heterocycles. The van der Waals surface area contributed by atoms with E-state index in [2.05, 4.69) is 0 Å². The fraction of sp³-hybridized carbons (Fsp3) is 0.300. The molecule has 1 atom stereocenters. The molecule has 0 bridgehead atoms. The van der Waals surface area contributed by atoms with Crippen LogP contribution in [-0.4, -0.2) is 36.8 Å². The predicted molar refractivity (Wildman–Crippen MR) is 92.4 cm³/mol. The number of Topliss-reactive ketones (excluding diaryl/α,β-unsaturated/α-hetero) is 1. The number of amides is 1. The molecular formula is C20H20FNO3. The maximum atomic E-state index is 13.0. The third-order valence-corrected chi connectivity index (χ3v) is 4.55. The number of ketones is 1. The second kappa shape index (κ2) is 7.47. The van der Waals surface area contributed by atoms with Gasteiger partial charge < -0.3 is 9.64 Å². The summed E-state index contributed by atoms with van der Waals surface area (Å²) in [4.78, 5) is 27.0. The number of carbonyl (C=O) groups is 2. The van der Waals surface area contributed by atoms with E-state index in [0.717, 1.165) is 12.8 Å². The summed E-state index contributed by atoms with van der Waals surface area (Å²) in [7, 11) is 1.58. The highest BCUT2D eigenvalue weighted by molar-refractivity contribution is 5.99. The van der Waals surface area contributed by atoms with Gasteiger partial charge in [0.1, 0.15) is 11.6 Å². The summed E-state index contributed by atoms with van der Waals surface area (Å²) in [6.45, 7) is 1.00. The molecule has 2 aromatic rings. The average molecular weight is 341 g/mol. The van der Waals surface area contributed by atoms with Gasteiger partial charge in [-0.25, -0.2) is 4.39 Å². The van der Waals surface area contributed by atoms with Gasteiger partial charge in [-0.1, -0.05) is 0 Å². The van der Waals surface area contributed by atoms with Gasteiger partial charge in [0.2, 0.25) is 0 Å². The van der Waals surface area contributed by atoms with Crippen LogP contribution in [0.5, 0.6) is 5.75 Å². The Morgan fingerprint density at radius 3 is 2.32 bits per heavy atom. The Kier molecular flexibility index (Phi) is 5.12. The number of nitrogens with zero attached hydrogens (tertiary/aromatic N) is 1. The van der Waals surface area contributed by atoms with Crippen molar-refractivity contribution in [2.24, 2.45) is 5.92 Å². The number of rotatable bonds is 4. The van der Waals surface area contributed by atoms with E-state index in [9.17, 15) is 14.0 Å². The van der Waals surface area contributed by atoms with E-state index < -0.39 is 0 Å². The summed E-state index contributed by atoms with van der Waals surface area (Å²) < 4.78 is 18.1. The standard InChI is InChI=1S/C20H20FNO3/c1-25-18-10-6-14(7-11-18)19(23)16-3-2-12-22(13-16)20(24)15-4-8-17(21)9-5-15/h4-11,16H,2-3,12-13H2,1H3. The number of hydrogen-bond donors (Lipinski definition) is 0. The Hall–Kier alpha value is -2.69. The number of halogens is 1. The Morgan fingerprint density at radius 1 is 1.04 bits per heavy atom. The topological polar surface area (TPSA) is 46.6 Å². The first-order valence-electron chi connectivity index (χ1n) is 8.31. The molecule has 0 saturated carbocycles. The second-order valence-corrected chi connectivity index (χ2v) is 6.19. The molecular weight excluding hydrogens is 321 g/mol. The predicted octanol–water partition coefficient (Wildman–Crippen LogP) is 3.57. The maximum Gasteiger partial charge on any atom is 0.253 e. The van der Waals surface area contributed by atoms with Crippen molar-refractivity contribution in [3.8, 4) is 5.75 Å². The van der Waals surface area contributed by atoms with Crippen LogP contribution in [0.4, 0.5) is 4.39 Å². The highest BCUT2D eigenvalue weighted by Crippen LogP contribution is 2.23. The van der Waals surface area contributed by atoms with Crippen LogP contribution in [0.2, 0.25) is 0 Å². The normalized spacial score (nSPS) is 17.2. The molecule has 0 spiro atoms. The van der Waals surface area contributed by atoms with E-state index >= 15 is 0 Å². The summed E-state index contributed by atoms with van der Waals surface area (Å²) in [5.41, 5.74) is 1.07. The molecule has 3 rings (SSSR count). The highest BCUT2D eigenvalue weighted by Gasteiger charge is 2.29. The molecule has 1 saturated heterocycles. The summed E-state index contributed by atoms with van der Waals surface area (Å²) in [6, 6.07) is 12.5. The van der Waals surface area contributed by atoms with Crippen molar-refractivity contribution in [1.82, 2.24) is 4.90 Å². The minimum atomic E-state index is -0.372. The lowest BCUT2D eigenvalue weighted by molar-refractivity contribution is 0.0637. The zero-order chi connectivity index (χ0) is 17.8. The van der Waals surface area contributed by atoms with Crippen molar-refractivity contribution in [1.29, 1.82) is 0 Å². The minimum Gasteiger partial charge on any atom is -0.497 e. The van der Waals surface area contributed by atoms with Gasteiger partial charge in [-0.15, -0.1) is 0 Å². The fourth-order valence-corrected chi connectivity index (χ4v) is 3.14. The van der Waals surface area contributed by atoms with Gasteiger partial charge in [-0.05, 0) is 61.4 Å². The van der Waals surface area contributed by atoms with Gasteiger partial charge in [0.25, 0.3) is 5.91 Å². The number of methoxy groups -OCH3 is 1. The van der Waals surface area contributed by atoms with E-state index in [-0.39, 0.29) is 23.4 Å². The zero-order valence-corrected chi connectivity index (χ0v) is 14.1. The van der Waals surface area contributed by atoms with Crippen molar-refractivity contribution in [2.45, 2.75) is 12.8 Å². The van der Waals surface area contributed by atoms with Crippen LogP contribution >= 0.6 is 0 Å². The van der Waals surface area contributed by atoms with Crippen molar-refractivity contribution >= 4 is 11.7 Å². The lowest BCUT2D eigenvalue weighted by Gasteiger charge is -2.32. The molecule has 1 amide bonds. The van der Waals surface area contributed by atoms with Crippen molar-refractivity contribution in [3.63, 3.8) is 0 Å². The Balaban J connectivity index is 1.70. The monoisotopic (exact) mass is 341 g/mol. The molecule has 5 heteroatoms. The minimum absolute atomic E-state index is 0.0410. The number of piperidine rings is 1. The highest BCUT2D eigenvalue weighted by atomic mass is 19.1. The van der Waals surface area contributed by atoms with Crippen molar-refractivity contribution < 1.29 is 18.7 Å². The van der Waals surface area contributed by atoms with E-state index in [1.54, 1.807) is 36.3 Å². The second-order valence-electron chi connectivity index (χ2n) is 6.19. The molecule has 2 aromatic carbocycles. The quantitative estimate of drug-likeness (QED) is 0.799. The summed E-state index contributed by atoms with van der Waals surface area (Å²) in [5.74, 6) is -0.00547.